The van der Waals surface area contributed by atoms with E-state index in [-0.39, 0.29) is 0 Å². The largest absolute Gasteiger partial charge is 0.113 e. The Kier molecular flexibility index (Phi) is 9.75. The van der Waals surface area contributed by atoms with Crippen LogP contribution in [0, 0.1) is 6.92 Å². The van der Waals surface area contributed by atoms with E-state index in [2.05, 4.69) is 51.2 Å². The fraction of sp³-hybridized carbons (Fsp3) is 0.667. The Morgan fingerprint density at radius 2 is 1.40 bits per heavy atom. The number of rotatable bonds is 10. The van der Waals surface area contributed by atoms with Crippen molar-refractivity contribution in [1.29, 1.82) is 0 Å². The minimum atomic E-state index is 0.331. The van der Waals surface area contributed by atoms with Crippen LogP contribution in [-0.4, -0.2) is 38.5 Å². The van der Waals surface area contributed by atoms with E-state index in [0.717, 1.165) is 0 Å². The van der Waals surface area contributed by atoms with E-state index in [0.29, 0.717) is 15.8 Å². The summed E-state index contributed by atoms with van der Waals surface area (Å²) < 4.78 is 0. The van der Waals surface area contributed by atoms with Gasteiger partial charge in [-0.25, -0.2) is 0 Å². The van der Waals surface area contributed by atoms with Gasteiger partial charge in [0.1, 0.15) is 0 Å². The summed E-state index contributed by atoms with van der Waals surface area (Å²) in [5, 5.41) is 0. The van der Waals surface area contributed by atoms with E-state index in [9.17, 15) is 0 Å². The standard InChI is InChI=1S/C18H32P2/c1-17-10-12-18(13-11-17)9-7-5-6-8-14-20(4)16-15-19(2)3/h10-13H,5-9,14-16H2,1-4H3. The lowest BCUT2D eigenvalue weighted by Crippen LogP contribution is -1.94. The molecule has 0 bridgehead atoms. The van der Waals surface area contributed by atoms with Crippen molar-refractivity contribution in [3.63, 3.8) is 0 Å². The molecule has 0 radical (unpaired) electrons. The lowest BCUT2D eigenvalue weighted by molar-refractivity contribution is 0.669. The van der Waals surface area contributed by atoms with Crippen LogP contribution in [0.4, 0.5) is 0 Å². The van der Waals surface area contributed by atoms with Crippen LogP contribution in [0.15, 0.2) is 24.3 Å². The monoisotopic (exact) mass is 310 g/mol. The molecule has 0 saturated carbocycles. The van der Waals surface area contributed by atoms with Crippen LogP contribution in [-0.2, 0) is 6.42 Å². The minimum Gasteiger partial charge on any atom is -0.113 e. The first-order valence-electron chi connectivity index (χ1n) is 7.97. The van der Waals surface area contributed by atoms with Crippen LogP contribution >= 0.6 is 15.8 Å². The van der Waals surface area contributed by atoms with Crippen molar-refractivity contribution in [2.45, 2.75) is 39.0 Å². The molecule has 20 heavy (non-hydrogen) atoms. The van der Waals surface area contributed by atoms with Crippen LogP contribution in [0.5, 0.6) is 0 Å². The maximum absolute atomic E-state index is 2.50. The average molecular weight is 310 g/mol. The molecule has 0 fully saturated rings. The summed E-state index contributed by atoms with van der Waals surface area (Å²) in [4.78, 5) is 0. The summed E-state index contributed by atoms with van der Waals surface area (Å²) in [5.41, 5.74) is 2.88. The normalized spacial score (nSPS) is 12.8. The first-order chi connectivity index (χ1) is 9.58. The Balaban J connectivity index is 1.98. The molecule has 0 heterocycles. The van der Waals surface area contributed by atoms with E-state index >= 15 is 0 Å². The topological polar surface area (TPSA) is 0 Å². The molecule has 1 unspecified atom stereocenters. The molecule has 1 aromatic rings. The van der Waals surface area contributed by atoms with Crippen molar-refractivity contribution in [2.24, 2.45) is 0 Å². The van der Waals surface area contributed by atoms with Crippen LogP contribution < -0.4 is 0 Å². The van der Waals surface area contributed by atoms with Gasteiger partial charge in [-0.2, -0.15) is 0 Å². The SMILES string of the molecule is Cc1ccc(CCCCCCP(C)CCP(C)C)cc1. The van der Waals surface area contributed by atoms with Gasteiger partial charge in [0.15, 0.2) is 0 Å². The van der Waals surface area contributed by atoms with E-state index in [1.807, 2.05) is 0 Å². The Labute approximate surface area is 129 Å². The molecule has 0 saturated heterocycles. The fourth-order valence-electron chi connectivity index (χ4n) is 2.30. The van der Waals surface area contributed by atoms with Crippen LogP contribution in [0.3, 0.4) is 0 Å². The molecule has 0 aromatic heterocycles. The van der Waals surface area contributed by atoms with Crippen LogP contribution in [0.25, 0.3) is 0 Å². The summed E-state index contributed by atoms with van der Waals surface area (Å²) in [7, 11) is 0.665. The zero-order valence-electron chi connectivity index (χ0n) is 13.9. The van der Waals surface area contributed by atoms with Crippen molar-refractivity contribution in [3.8, 4) is 0 Å². The van der Waals surface area contributed by atoms with Gasteiger partial charge in [0.25, 0.3) is 0 Å². The Hall–Kier alpha value is 0.0800. The minimum absolute atomic E-state index is 0.331. The van der Waals surface area contributed by atoms with Gasteiger partial charge in [-0.15, -0.1) is 15.8 Å². The quantitative estimate of drug-likeness (QED) is 0.370. The average Bonchev–Trinajstić information content (AvgIpc) is 2.42. The zero-order valence-corrected chi connectivity index (χ0v) is 15.6. The highest BCUT2D eigenvalue weighted by Gasteiger charge is 2.02. The van der Waals surface area contributed by atoms with Gasteiger partial charge in [-0.05, 0) is 70.2 Å². The first-order valence-corrected chi connectivity index (χ1v) is 12.5. The molecule has 0 amide bonds. The third kappa shape index (κ3) is 9.10. The number of hydrogen-bond donors (Lipinski definition) is 0. The molecule has 114 valence electrons. The highest BCUT2D eigenvalue weighted by molar-refractivity contribution is 7.60. The molecule has 2 heteroatoms. The van der Waals surface area contributed by atoms with E-state index in [1.54, 1.807) is 0 Å². The second-order valence-electron chi connectivity index (χ2n) is 6.26. The predicted molar refractivity (Wildman–Crippen MR) is 99.6 cm³/mol. The Bertz CT molecular complexity index is 343. The molecular weight excluding hydrogens is 278 g/mol. The van der Waals surface area contributed by atoms with Gasteiger partial charge in [-0.3, -0.25) is 0 Å². The van der Waals surface area contributed by atoms with Gasteiger partial charge in [-0.1, -0.05) is 42.7 Å². The van der Waals surface area contributed by atoms with E-state index < -0.39 is 0 Å². The third-order valence-corrected chi connectivity index (χ3v) is 7.34. The molecule has 1 aromatic carbocycles. The zero-order chi connectivity index (χ0) is 14.8. The van der Waals surface area contributed by atoms with Gasteiger partial charge in [0.05, 0.1) is 0 Å². The predicted octanol–water partition coefficient (Wildman–Crippen LogP) is 5.95. The first kappa shape index (κ1) is 18.1. The summed E-state index contributed by atoms with van der Waals surface area (Å²) in [6.45, 7) is 9.47. The molecule has 0 aliphatic heterocycles. The summed E-state index contributed by atoms with van der Waals surface area (Å²) >= 11 is 0. The number of aryl methyl sites for hydroxylation is 2. The summed E-state index contributed by atoms with van der Waals surface area (Å²) in [6.07, 6.45) is 11.4. The fourth-order valence-corrected chi connectivity index (χ4v) is 6.25. The van der Waals surface area contributed by atoms with Crippen molar-refractivity contribution >= 4 is 15.8 Å². The summed E-state index contributed by atoms with van der Waals surface area (Å²) in [5.74, 6) is 0. The number of benzene rings is 1. The van der Waals surface area contributed by atoms with Gasteiger partial charge in [0.2, 0.25) is 0 Å². The smallest absolute Gasteiger partial charge is 0.0279 e. The maximum Gasteiger partial charge on any atom is -0.0279 e. The molecule has 0 aliphatic rings. The summed E-state index contributed by atoms with van der Waals surface area (Å²) in [6, 6.07) is 9.04. The Morgan fingerprint density at radius 3 is 2.05 bits per heavy atom. The molecular formula is C18H32P2. The second-order valence-corrected chi connectivity index (χ2v) is 11.5. The maximum atomic E-state index is 2.50. The molecule has 1 rings (SSSR count). The lowest BCUT2D eigenvalue weighted by Gasteiger charge is -2.13. The van der Waals surface area contributed by atoms with Crippen LogP contribution in [0.2, 0.25) is 0 Å². The molecule has 0 nitrogen and oxygen atoms in total. The second kappa shape index (κ2) is 10.8. The Morgan fingerprint density at radius 1 is 0.750 bits per heavy atom. The van der Waals surface area contributed by atoms with E-state index in [4.69, 9.17) is 0 Å². The molecule has 0 N–H and O–H groups in total. The lowest BCUT2D eigenvalue weighted by atomic mass is 10.1. The number of unbranched alkanes of at least 4 members (excludes halogenated alkanes) is 3. The molecule has 1 atom stereocenters. The molecule has 0 spiro atoms. The highest BCUT2D eigenvalue weighted by Crippen LogP contribution is 2.36. The molecule has 0 aliphatic carbocycles. The van der Waals surface area contributed by atoms with Gasteiger partial charge < -0.3 is 0 Å². The highest BCUT2D eigenvalue weighted by atomic mass is 31.1. The van der Waals surface area contributed by atoms with Crippen molar-refractivity contribution in [2.75, 3.05) is 38.5 Å². The number of hydrogen-bond acceptors (Lipinski definition) is 0. The van der Waals surface area contributed by atoms with Crippen molar-refractivity contribution in [3.05, 3.63) is 35.4 Å². The van der Waals surface area contributed by atoms with Crippen molar-refractivity contribution < 1.29 is 0 Å². The van der Waals surface area contributed by atoms with Crippen LogP contribution in [0.1, 0.15) is 36.8 Å². The van der Waals surface area contributed by atoms with Gasteiger partial charge >= 0.3 is 0 Å². The van der Waals surface area contributed by atoms with Gasteiger partial charge in [0, 0.05) is 0 Å². The van der Waals surface area contributed by atoms with Crippen molar-refractivity contribution in [1.82, 2.24) is 0 Å². The van der Waals surface area contributed by atoms with E-state index in [1.165, 1.54) is 61.7 Å². The third-order valence-electron chi connectivity index (χ3n) is 3.80.